The fourth-order valence-corrected chi connectivity index (χ4v) is 2.36. The second-order valence-corrected chi connectivity index (χ2v) is 3.91. The van der Waals surface area contributed by atoms with Gasteiger partial charge in [0.2, 0.25) is 0 Å². The molecular formula is C12H7ClO. The molecule has 2 aromatic carbocycles. The topological polar surface area (TPSA) is 17.1 Å². The summed E-state index contributed by atoms with van der Waals surface area (Å²) in [5.41, 5.74) is 1.71. The SMILES string of the molecule is O=C1c2cccc3cccc(c23)C1Cl. The fraction of sp³-hybridized carbons (Fsp3) is 0.0833. The third kappa shape index (κ3) is 0.828. The Morgan fingerprint density at radius 3 is 2.57 bits per heavy atom. The van der Waals surface area contributed by atoms with E-state index in [9.17, 15) is 4.79 Å². The predicted molar refractivity (Wildman–Crippen MR) is 56.9 cm³/mol. The van der Waals surface area contributed by atoms with Gasteiger partial charge in [-0.1, -0.05) is 36.4 Å². The van der Waals surface area contributed by atoms with Gasteiger partial charge in [0.15, 0.2) is 5.78 Å². The van der Waals surface area contributed by atoms with Gasteiger partial charge in [-0.25, -0.2) is 0 Å². The van der Waals surface area contributed by atoms with Gasteiger partial charge < -0.3 is 0 Å². The zero-order valence-corrected chi connectivity index (χ0v) is 8.08. The Bertz CT molecular complexity index is 540. The quantitative estimate of drug-likeness (QED) is 0.599. The molecule has 1 atom stereocenters. The van der Waals surface area contributed by atoms with Crippen molar-refractivity contribution < 1.29 is 4.79 Å². The number of halogens is 1. The summed E-state index contributed by atoms with van der Waals surface area (Å²) in [4.78, 5) is 11.7. The number of hydrogen-bond acceptors (Lipinski definition) is 1. The Morgan fingerprint density at radius 1 is 1.07 bits per heavy atom. The van der Waals surface area contributed by atoms with Gasteiger partial charge in [0, 0.05) is 5.56 Å². The van der Waals surface area contributed by atoms with Crippen LogP contribution in [-0.2, 0) is 0 Å². The first kappa shape index (κ1) is 8.01. The third-order valence-electron chi connectivity index (χ3n) is 2.71. The summed E-state index contributed by atoms with van der Waals surface area (Å²) in [7, 11) is 0. The summed E-state index contributed by atoms with van der Waals surface area (Å²) >= 11 is 6.05. The van der Waals surface area contributed by atoms with Crippen LogP contribution in [-0.4, -0.2) is 5.78 Å². The molecule has 0 aliphatic heterocycles. The zero-order chi connectivity index (χ0) is 9.71. The van der Waals surface area contributed by atoms with Crippen molar-refractivity contribution in [3.8, 4) is 0 Å². The predicted octanol–water partition coefficient (Wildman–Crippen LogP) is 3.32. The molecule has 1 nitrogen and oxygen atoms in total. The van der Waals surface area contributed by atoms with Crippen molar-refractivity contribution in [3.05, 3.63) is 47.5 Å². The molecule has 1 aliphatic rings. The standard InChI is InChI=1S/C12H7ClO/c13-11-8-5-1-3-7-4-2-6-9(10(7)8)12(11)14/h1-6,11H. The Kier molecular flexibility index (Phi) is 1.48. The highest BCUT2D eigenvalue weighted by atomic mass is 35.5. The van der Waals surface area contributed by atoms with Crippen molar-refractivity contribution >= 4 is 28.2 Å². The molecule has 0 spiro atoms. The smallest absolute Gasteiger partial charge is 0.185 e. The van der Waals surface area contributed by atoms with Gasteiger partial charge in [0.05, 0.1) is 0 Å². The first-order valence-electron chi connectivity index (χ1n) is 4.49. The molecule has 1 unspecified atom stereocenters. The lowest BCUT2D eigenvalue weighted by Crippen LogP contribution is -1.97. The van der Waals surface area contributed by atoms with Crippen LogP contribution in [0.4, 0.5) is 0 Å². The Morgan fingerprint density at radius 2 is 1.79 bits per heavy atom. The van der Waals surface area contributed by atoms with Crippen LogP contribution < -0.4 is 0 Å². The first-order chi connectivity index (χ1) is 6.79. The summed E-state index contributed by atoms with van der Waals surface area (Å²) in [6, 6.07) is 11.6. The van der Waals surface area contributed by atoms with E-state index in [0.29, 0.717) is 0 Å². The van der Waals surface area contributed by atoms with E-state index in [0.717, 1.165) is 21.9 Å². The minimum absolute atomic E-state index is 0.0264. The number of rotatable bonds is 0. The van der Waals surface area contributed by atoms with Crippen LogP contribution in [0.15, 0.2) is 36.4 Å². The van der Waals surface area contributed by atoms with Crippen LogP contribution in [0.3, 0.4) is 0 Å². The number of carbonyl (C=O) groups excluding carboxylic acids is 1. The number of ketones is 1. The van der Waals surface area contributed by atoms with Gasteiger partial charge in [0.1, 0.15) is 5.38 Å². The second kappa shape index (κ2) is 2.58. The number of benzene rings is 2. The molecule has 1 aliphatic carbocycles. The lowest BCUT2D eigenvalue weighted by atomic mass is 10.1. The summed E-state index contributed by atoms with van der Waals surface area (Å²) in [5, 5.41) is 1.63. The van der Waals surface area contributed by atoms with E-state index < -0.39 is 5.38 Å². The number of Topliss-reactive ketones (excluding diaryl/α,β-unsaturated/α-hetero) is 1. The van der Waals surface area contributed by atoms with Crippen molar-refractivity contribution in [3.63, 3.8) is 0 Å². The average Bonchev–Trinajstić information content (AvgIpc) is 2.47. The monoisotopic (exact) mass is 202 g/mol. The molecule has 0 N–H and O–H groups in total. The largest absolute Gasteiger partial charge is 0.292 e. The maximum Gasteiger partial charge on any atom is 0.185 e. The van der Waals surface area contributed by atoms with Gasteiger partial charge in [0.25, 0.3) is 0 Å². The molecule has 0 fully saturated rings. The van der Waals surface area contributed by atoms with Crippen molar-refractivity contribution in [2.75, 3.05) is 0 Å². The van der Waals surface area contributed by atoms with Gasteiger partial charge in [-0.05, 0) is 16.3 Å². The van der Waals surface area contributed by atoms with Crippen LogP contribution in [0, 0.1) is 0 Å². The lowest BCUT2D eigenvalue weighted by Gasteiger charge is -1.99. The molecule has 0 saturated heterocycles. The Hall–Kier alpha value is -1.34. The molecule has 2 heteroatoms. The lowest BCUT2D eigenvalue weighted by molar-refractivity contribution is 0.0994. The first-order valence-corrected chi connectivity index (χ1v) is 4.92. The number of carbonyl (C=O) groups is 1. The molecule has 3 rings (SSSR count). The van der Waals surface area contributed by atoms with Crippen LogP contribution in [0.25, 0.3) is 10.8 Å². The van der Waals surface area contributed by atoms with Gasteiger partial charge >= 0.3 is 0 Å². The van der Waals surface area contributed by atoms with Crippen molar-refractivity contribution in [2.45, 2.75) is 5.38 Å². The molecule has 0 heterocycles. The number of hydrogen-bond donors (Lipinski definition) is 0. The summed E-state index contributed by atoms with van der Waals surface area (Å²) in [6.07, 6.45) is 0. The Labute approximate surface area is 86.3 Å². The highest BCUT2D eigenvalue weighted by molar-refractivity contribution is 6.39. The normalized spacial score (nSPS) is 19.2. The maximum atomic E-state index is 11.7. The van der Waals surface area contributed by atoms with E-state index in [1.807, 2.05) is 36.4 Å². The summed E-state index contributed by atoms with van der Waals surface area (Å²) < 4.78 is 0. The van der Waals surface area contributed by atoms with Crippen LogP contribution in [0.5, 0.6) is 0 Å². The zero-order valence-electron chi connectivity index (χ0n) is 7.33. The molecule has 2 aromatic rings. The highest BCUT2D eigenvalue weighted by Gasteiger charge is 2.30. The van der Waals surface area contributed by atoms with Crippen LogP contribution in [0.1, 0.15) is 21.3 Å². The maximum absolute atomic E-state index is 11.7. The molecule has 0 bridgehead atoms. The molecule has 0 aromatic heterocycles. The minimum atomic E-state index is -0.490. The summed E-state index contributed by atoms with van der Waals surface area (Å²) in [6.45, 7) is 0. The third-order valence-corrected chi connectivity index (χ3v) is 3.14. The molecular weight excluding hydrogens is 196 g/mol. The van der Waals surface area contributed by atoms with E-state index in [-0.39, 0.29) is 5.78 Å². The van der Waals surface area contributed by atoms with Gasteiger partial charge in [-0.2, -0.15) is 0 Å². The van der Waals surface area contributed by atoms with E-state index in [2.05, 4.69) is 0 Å². The fourth-order valence-electron chi connectivity index (χ4n) is 2.06. The molecule has 68 valence electrons. The van der Waals surface area contributed by atoms with Crippen LogP contribution >= 0.6 is 11.6 Å². The van der Waals surface area contributed by atoms with Crippen molar-refractivity contribution in [1.82, 2.24) is 0 Å². The summed E-state index contributed by atoms with van der Waals surface area (Å²) in [5.74, 6) is 0.0264. The van der Waals surface area contributed by atoms with Crippen molar-refractivity contribution in [1.29, 1.82) is 0 Å². The van der Waals surface area contributed by atoms with E-state index in [1.54, 1.807) is 0 Å². The Balaban J connectivity index is 2.55. The molecule has 0 radical (unpaired) electrons. The molecule has 14 heavy (non-hydrogen) atoms. The highest BCUT2D eigenvalue weighted by Crippen LogP contribution is 2.39. The number of alkyl halides is 1. The van der Waals surface area contributed by atoms with Gasteiger partial charge in [-0.15, -0.1) is 11.6 Å². The van der Waals surface area contributed by atoms with E-state index >= 15 is 0 Å². The molecule has 0 saturated carbocycles. The van der Waals surface area contributed by atoms with E-state index in [1.165, 1.54) is 0 Å². The van der Waals surface area contributed by atoms with E-state index in [4.69, 9.17) is 11.6 Å². The van der Waals surface area contributed by atoms with Gasteiger partial charge in [-0.3, -0.25) is 4.79 Å². The van der Waals surface area contributed by atoms with Crippen molar-refractivity contribution in [2.24, 2.45) is 0 Å². The average molecular weight is 203 g/mol. The second-order valence-electron chi connectivity index (χ2n) is 3.48. The van der Waals surface area contributed by atoms with Crippen LogP contribution in [0.2, 0.25) is 0 Å². The molecule has 0 amide bonds. The minimum Gasteiger partial charge on any atom is -0.292 e.